The van der Waals surface area contributed by atoms with E-state index in [9.17, 15) is 9.90 Å². The van der Waals surface area contributed by atoms with Gasteiger partial charge in [0.2, 0.25) is 5.91 Å². The number of nitrogens with one attached hydrogen (secondary N) is 2. The third kappa shape index (κ3) is 4.96. The Kier molecular flexibility index (Phi) is 6.45. The van der Waals surface area contributed by atoms with E-state index in [4.69, 9.17) is 16.3 Å². The van der Waals surface area contributed by atoms with Crippen molar-refractivity contribution in [1.29, 1.82) is 0 Å². The van der Waals surface area contributed by atoms with Crippen molar-refractivity contribution in [3.05, 3.63) is 18.2 Å². The molecular formula is C13H19ClN2O3. The maximum atomic E-state index is 11.4. The molecule has 0 radical (unpaired) electrons. The van der Waals surface area contributed by atoms with Crippen molar-refractivity contribution < 1.29 is 14.6 Å². The molecule has 0 saturated heterocycles. The first-order chi connectivity index (χ1) is 9.10. The second-order valence-corrected chi connectivity index (χ2v) is 4.31. The lowest BCUT2D eigenvalue weighted by Crippen LogP contribution is -2.20. The van der Waals surface area contributed by atoms with Crippen LogP contribution in [0.25, 0.3) is 0 Å². The standard InChI is InChI=1S/C13H19ClN2O3/c1-3-13(18)16-11-5-4-9(6-12(11)19-2)15-8-10(17)7-14/h4-6,10,15,17H,3,7-8H2,1-2H3,(H,16,18). The Balaban J connectivity index is 2.75. The highest BCUT2D eigenvalue weighted by Gasteiger charge is 2.08. The van der Waals surface area contributed by atoms with Gasteiger partial charge in [-0.25, -0.2) is 0 Å². The molecule has 0 heterocycles. The van der Waals surface area contributed by atoms with Crippen LogP contribution in [0.4, 0.5) is 11.4 Å². The second-order valence-electron chi connectivity index (χ2n) is 4.01. The van der Waals surface area contributed by atoms with E-state index in [1.165, 1.54) is 7.11 Å². The summed E-state index contributed by atoms with van der Waals surface area (Å²) in [5.74, 6) is 0.665. The summed E-state index contributed by atoms with van der Waals surface area (Å²) >= 11 is 5.51. The number of benzene rings is 1. The van der Waals surface area contributed by atoms with Crippen LogP contribution < -0.4 is 15.4 Å². The van der Waals surface area contributed by atoms with E-state index in [0.29, 0.717) is 24.4 Å². The molecule has 6 heteroatoms. The minimum absolute atomic E-state index is 0.0726. The number of anilines is 2. The summed E-state index contributed by atoms with van der Waals surface area (Å²) in [5, 5.41) is 15.2. The van der Waals surface area contributed by atoms with Crippen LogP contribution in [0.3, 0.4) is 0 Å². The van der Waals surface area contributed by atoms with Crippen LogP contribution in [0.1, 0.15) is 13.3 Å². The summed E-state index contributed by atoms with van der Waals surface area (Å²) in [6.07, 6.45) is -0.197. The van der Waals surface area contributed by atoms with Gasteiger partial charge in [0.05, 0.1) is 24.8 Å². The topological polar surface area (TPSA) is 70.6 Å². The van der Waals surface area contributed by atoms with Gasteiger partial charge >= 0.3 is 0 Å². The molecule has 0 aliphatic carbocycles. The highest BCUT2D eigenvalue weighted by molar-refractivity contribution is 6.18. The molecule has 0 aliphatic rings. The van der Waals surface area contributed by atoms with Gasteiger partial charge in [-0.15, -0.1) is 11.6 Å². The first-order valence-corrected chi connectivity index (χ1v) is 6.60. The lowest BCUT2D eigenvalue weighted by Gasteiger charge is -2.14. The van der Waals surface area contributed by atoms with Crippen LogP contribution >= 0.6 is 11.6 Å². The molecule has 0 bridgehead atoms. The maximum Gasteiger partial charge on any atom is 0.224 e. The first-order valence-electron chi connectivity index (χ1n) is 6.06. The van der Waals surface area contributed by atoms with Gasteiger partial charge in [-0.3, -0.25) is 4.79 Å². The number of rotatable bonds is 7. The molecule has 5 nitrogen and oxygen atoms in total. The summed E-state index contributed by atoms with van der Waals surface area (Å²) < 4.78 is 5.22. The SMILES string of the molecule is CCC(=O)Nc1ccc(NCC(O)CCl)cc1OC. The van der Waals surface area contributed by atoms with Crippen molar-refractivity contribution in [1.82, 2.24) is 0 Å². The van der Waals surface area contributed by atoms with Crippen molar-refractivity contribution >= 4 is 28.9 Å². The van der Waals surface area contributed by atoms with Crippen LogP contribution in [-0.4, -0.2) is 36.7 Å². The summed E-state index contributed by atoms with van der Waals surface area (Å²) in [7, 11) is 1.54. The molecule has 0 saturated carbocycles. The second kappa shape index (κ2) is 7.86. The molecule has 1 aromatic rings. The zero-order chi connectivity index (χ0) is 14.3. The average Bonchev–Trinajstić information content (AvgIpc) is 2.45. The van der Waals surface area contributed by atoms with Gasteiger partial charge < -0.3 is 20.5 Å². The number of halogens is 1. The third-order valence-electron chi connectivity index (χ3n) is 2.52. The number of alkyl halides is 1. The summed E-state index contributed by atoms with van der Waals surface area (Å²) in [5.41, 5.74) is 1.41. The van der Waals surface area contributed by atoms with Gasteiger partial charge in [0.25, 0.3) is 0 Å². The summed E-state index contributed by atoms with van der Waals surface area (Å²) in [6.45, 7) is 2.14. The Morgan fingerprint density at radius 2 is 2.26 bits per heavy atom. The average molecular weight is 287 g/mol. The fourth-order valence-electron chi connectivity index (χ4n) is 1.43. The maximum absolute atomic E-state index is 11.4. The fraction of sp³-hybridized carbons (Fsp3) is 0.462. The number of methoxy groups -OCH3 is 1. The smallest absolute Gasteiger partial charge is 0.224 e. The van der Waals surface area contributed by atoms with Crippen LogP contribution in [-0.2, 0) is 4.79 Å². The Labute approximate surface area is 117 Å². The Hall–Kier alpha value is -1.46. The molecule has 106 valence electrons. The van der Waals surface area contributed by atoms with E-state index < -0.39 is 6.10 Å². The quantitative estimate of drug-likeness (QED) is 0.671. The van der Waals surface area contributed by atoms with Gasteiger partial charge in [-0.1, -0.05) is 6.92 Å². The molecule has 1 rings (SSSR count). The number of ether oxygens (including phenoxy) is 1. The van der Waals surface area contributed by atoms with E-state index in [0.717, 1.165) is 5.69 Å². The monoisotopic (exact) mass is 286 g/mol. The van der Waals surface area contributed by atoms with Gasteiger partial charge in [0, 0.05) is 24.7 Å². The number of hydrogen-bond donors (Lipinski definition) is 3. The van der Waals surface area contributed by atoms with E-state index in [1.807, 2.05) is 0 Å². The normalized spacial score (nSPS) is 11.8. The number of amides is 1. The van der Waals surface area contributed by atoms with Crippen LogP contribution in [0, 0.1) is 0 Å². The van der Waals surface area contributed by atoms with E-state index in [1.54, 1.807) is 25.1 Å². The molecular weight excluding hydrogens is 268 g/mol. The largest absolute Gasteiger partial charge is 0.494 e. The molecule has 0 aliphatic heterocycles. The van der Waals surface area contributed by atoms with E-state index in [2.05, 4.69) is 10.6 Å². The molecule has 1 aromatic carbocycles. The lowest BCUT2D eigenvalue weighted by molar-refractivity contribution is -0.115. The van der Waals surface area contributed by atoms with Gasteiger partial charge in [0.1, 0.15) is 5.75 Å². The predicted octanol–water partition coefficient (Wildman–Crippen LogP) is 2.06. The lowest BCUT2D eigenvalue weighted by atomic mass is 10.2. The van der Waals surface area contributed by atoms with Crippen molar-refractivity contribution in [2.75, 3.05) is 30.2 Å². The number of carbonyl (C=O) groups excluding carboxylic acids is 1. The van der Waals surface area contributed by atoms with Crippen molar-refractivity contribution in [3.8, 4) is 5.75 Å². The van der Waals surface area contributed by atoms with Gasteiger partial charge in [-0.05, 0) is 12.1 Å². The van der Waals surface area contributed by atoms with Crippen molar-refractivity contribution in [2.45, 2.75) is 19.4 Å². The first kappa shape index (κ1) is 15.6. The van der Waals surface area contributed by atoms with E-state index in [-0.39, 0.29) is 11.8 Å². The minimum atomic E-state index is -0.605. The molecule has 1 atom stereocenters. The van der Waals surface area contributed by atoms with E-state index >= 15 is 0 Å². The summed E-state index contributed by atoms with van der Waals surface area (Å²) in [4.78, 5) is 11.4. The Morgan fingerprint density at radius 1 is 1.53 bits per heavy atom. The summed E-state index contributed by atoms with van der Waals surface area (Å²) in [6, 6.07) is 5.31. The molecule has 3 N–H and O–H groups in total. The minimum Gasteiger partial charge on any atom is -0.494 e. The fourth-order valence-corrected chi connectivity index (χ4v) is 1.54. The molecule has 0 spiro atoms. The van der Waals surface area contributed by atoms with Crippen LogP contribution in [0.2, 0.25) is 0 Å². The number of carbonyl (C=O) groups is 1. The highest BCUT2D eigenvalue weighted by atomic mass is 35.5. The Morgan fingerprint density at radius 3 is 2.84 bits per heavy atom. The third-order valence-corrected chi connectivity index (χ3v) is 2.87. The molecule has 0 aromatic heterocycles. The zero-order valence-electron chi connectivity index (χ0n) is 11.1. The number of aliphatic hydroxyl groups is 1. The van der Waals surface area contributed by atoms with Gasteiger partial charge in [-0.2, -0.15) is 0 Å². The zero-order valence-corrected chi connectivity index (χ0v) is 11.8. The molecule has 19 heavy (non-hydrogen) atoms. The molecule has 1 amide bonds. The van der Waals surface area contributed by atoms with Crippen molar-refractivity contribution in [3.63, 3.8) is 0 Å². The number of hydrogen-bond acceptors (Lipinski definition) is 4. The van der Waals surface area contributed by atoms with Crippen molar-refractivity contribution in [2.24, 2.45) is 0 Å². The van der Waals surface area contributed by atoms with Gasteiger partial charge in [0.15, 0.2) is 0 Å². The molecule has 0 fully saturated rings. The molecule has 1 unspecified atom stereocenters. The van der Waals surface area contributed by atoms with Crippen LogP contribution in [0.15, 0.2) is 18.2 Å². The van der Waals surface area contributed by atoms with Crippen LogP contribution in [0.5, 0.6) is 5.75 Å². The number of aliphatic hydroxyl groups excluding tert-OH is 1. The Bertz CT molecular complexity index is 426. The highest BCUT2D eigenvalue weighted by Crippen LogP contribution is 2.28. The predicted molar refractivity (Wildman–Crippen MR) is 77.1 cm³/mol.